The van der Waals surface area contributed by atoms with Crippen LogP contribution in [0.3, 0.4) is 0 Å². The summed E-state index contributed by atoms with van der Waals surface area (Å²) in [6, 6.07) is 0.0948. The van der Waals surface area contributed by atoms with Gasteiger partial charge in [-0.05, 0) is 27.2 Å². The van der Waals surface area contributed by atoms with E-state index in [9.17, 15) is 9.90 Å². The first-order valence-corrected chi connectivity index (χ1v) is 6.90. The van der Waals surface area contributed by atoms with Crippen molar-refractivity contribution in [3.8, 4) is 10.6 Å². The molecular formula is C12H16N4O2S. The van der Waals surface area contributed by atoms with Gasteiger partial charge in [-0.25, -0.2) is 14.5 Å². The number of carboxylic acids is 1. The lowest BCUT2D eigenvalue weighted by atomic mass is 10.2. The fraction of sp³-hybridized carbons (Fsp3) is 0.500. The lowest BCUT2D eigenvalue weighted by Gasteiger charge is -2.12. The largest absolute Gasteiger partial charge is 0.476 e. The maximum Gasteiger partial charge on any atom is 0.358 e. The molecular weight excluding hydrogens is 264 g/mol. The highest BCUT2D eigenvalue weighted by Crippen LogP contribution is 2.33. The van der Waals surface area contributed by atoms with E-state index in [1.54, 1.807) is 4.68 Å². The zero-order valence-electron chi connectivity index (χ0n) is 11.3. The number of thiazole rings is 1. The van der Waals surface area contributed by atoms with Crippen LogP contribution in [0.2, 0.25) is 0 Å². The third-order valence-corrected chi connectivity index (χ3v) is 4.10. The molecule has 2 aromatic rings. The van der Waals surface area contributed by atoms with E-state index >= 15 is 0 Å². The summed E-state index contributed by atoms with van der Waals surface area (Å²) < 4.78 is 1.68. The summed E-state index contributed by atoms with van der Waals surface area (Å²) in [6.07, 6.45) is 0.853. The van der Waals surface area contributed by atoms with Gasteiger partial charge in [0.1, 0.15) is 5.69 Å². The second-order valence-electron chi connectivity index (χ2n) is 4.44. The predicted molar refractivity (Wildman–Crippen MR) is 72.6 cm³/mol. The van der Waals surface area contributed by atoms with Crippen molar-refractivity contribution in [3.63, 3.8) is 0 Å². The molecule has 2 aromatic heterocycles. The van der Waals surface area contributed by atoms with Crippen LogP contribution in [0.25, 0.3) is 10.6 Å². The van der Waals surface area contributed by atoms with Gasteiger partial charge in [0.25, 0.3) is 0 Å². The zero-order chi connectivity index (χ0) is 14.2. The first-order chi connectivity index (χ1) is 8.95. The van der Waals surface area contributed by atoms with Crippen LogP contribution in [0.1, 0.15) is 47.5 Å². The Morgan fingerprint density at radius 1 is 1.47 bits per heavy atom. The summed E-state index contributed by atoms with van der Waals surface area (Å²) in [5, 5.41) is 18.0. The Balaban J connectivity index is 2.68. The topological polar surface area (TPSA) is 80.9 Å². The first-order valence-electron chi connectivity index (χ1n) is 6.08. The highest BCUT2D eigenvalue weighted by atomic mass is 32.1. The lowest BCUT2D eigenvalue weighted by Crippen LogP contribution is -2.09. The molecule has 0 saturated heterocycles. The van der Waals surface area contributed by atoms with Crippen LogP contribution in [0.4, 0.5) is 0 Å². The summed E-state index contributed by atoms with van der Waals surface area (Å²) in [5.41, 5.74) is 1.37. The molecule has 2 rings (SSSR count). The minimum atomic E-state index is -1.06. The minimum absolute atomic E-state index is 0.00736. The van der Waals surface area contributed by atoms with Crippen LogP contribution in [0, 0.1) is 13.8 Å². The summed E-state index contributed by atoms with van der Waals surface area (Å²) in [4.78, 5) is 16.5. The molecule has 2 heterocycles. The quantitative estimate of drug-likeness (QED) is 0.931. The van der Waals surface area contributed by atoms with Crippen molar-refractivity contribution in [1.29, 1.82) is 0 Å². The molecule has 1 atom stereocenters. The maximum atomic E-state index is 11.3. The molecule has 19 heavy (non-hydrogen) atoms. The van der Waals surface area contributed by atoms with E-state index in [4.69, 9.17) is 0 Å². The lowest BCUT2D eigenvalue weighted by molar-refractivity contribution is 0.0691. The Morgan fingerprint density at radius 3 is 2.63 bits per heavy atom. The highest BCUT2D eigenvalue weighted by molar-refractivity contribution is 7.15. The Labute approximate surface area is 115 Å². The van der Waals surface area contributed by atoms with E-state index in [0.29, 0.717) is 5.69 Å². The molecule has 0 aliphatic heterocycles. The van der Waals surface area contributed by atoms with E-state index in [-0.39, 0.29) is 11.7 Å². The third-order valence-electron chi connectivity index (χ3n) is 3.02. The normalized spacial score (nSPS) is 12.6. The number of nitrogens with zero attached hydrogens (tertiary/aromatic N) is 4. The van der Waals surface area contributed by atoms with Crippen LogP contribution < -0.4 is 0 Å². The van der Waals surface area contributed by atoms with Crippen molar-refractivity contribution in [2.75, 3.05) is 0 Å². The molecule has 0 aliphatic carbocycles. The SMILES string of the molecule is CCC(C)n1nnc(C(=O)O)c1-c1sc(C)nc1C. The number of aromatic nitrogens is 4. The van der Waals surface area contributed by atoms with Crippen molar-refractivity contribution >= 4 is 17.3 Å². The minimum Gasteiger partial charge on any atom is -0.476 e. The number of aryl methyl sites for hydroxylation is 2. The van der Waals surface area contributed by atoms with Crippen LogP contribution in [0.15, 0.2) is 0 Å². The van der Waals surface area contributed by atoms with Crippen molar-refractivity contribution in [2.45, 2.75) is 40.2 Å². The van der Waals surface area contributed by atoms with E-state index < -0.39 is 5.97 Å². The van der Waals surface area contributed by atoms with E-state index in [1.807, 2.05) is 27.7 Å². The monoisotopic (exact) mass is 280 g/mol. The molecule has 7 heteroatoms. The van der Waals surface area contributed by atoms with E-state index in [1.165, 1.54) is 11.3 Å². The van der Waals surface area contributed by atoms with Crippen LogP contribution in [-0.4, -0.2) is 31.1 Å². The van der Waals surface area contributed by atoms with Gasteiger partial charge in [0.05, 0.1) is 21.6 Å². The molecule has 0 aromatic carbocycles. The van der Waals surface area contributed by atoms with Gasteiger partial charge in [0, 0.05) is 0 Å². The maximum absolute atomic E-state index is 11.3. The second-order valence-corrected chi connectivity index (χ2v) is 5.64. The highest BCUT2D eigenvalue weighted by Gasteiger charge is 2.25. The fourth-order valence-corrected chi connectivity index (χ4v) is 2.84. The summed E-state index contributed by atoms with van der Waals surface area (Å²) in [6.45, 7) is 7.80. The van der Waals surface area contributed by atoms with Gasteiger partial charge < -0.3 is 5.11 Å². The molecule has 0 spiro atoms. The molecule has 0 bridgehead atoms. The van der Waals surface area contributed by atoms with Gasteiger partial charge in [0.2, 0.25) is 0 Å². The van der Waals surface area contributed by atoms with Gasteiger partial charge >= 0.3 is 5.97 Å². The average molecular weight is 280 g/mol. The van der Waals surface area contributed by atoms with Gasteiger partial charge in [-0.3, -0.25) is 0 Å². The van der Waals surface area contributed by atoms with Crippen molar-refractivity contribution < 1.29 is 9.90 Å². The number of carbonyl (C=O) groups is 1. The fourth-order valence-electron chi connectivity index (χ4n) is 1.88. The Hall–Kier alpha value is -1.76. The zero-order valence-corrected chi connectivity index (χ0v) is 12.2. The summed E-state index contributed by atoms with van der Waals surface area (Å²) in [7, 11) is 0. The first kappa shape index (κ1) is 13.7. The number of rotatable bonds is 4. The number of carboxylic acid groups (broad SMARTS) is 1. The number of hydrogen-bond donors (Lipinski definition) is 1. The van der Waals surface area contributed by atoms with Crippen LogP contribution in [0.5, 0.6) is 0 Å². The molecule has 1 N–H and O–H groups in total. The molecule has 0 fully saturated rings. The summed E-state index contributed by atoms with van der Waals surface area (Å²) >= 11 is 1.47. The van der Waals surface area contributed by atoms with Crippen LogP contribution in [-0.2, 0) is 0 Å². The number of aromatic carboxylic acids is 1. The molecule has 0 aliphatic rings. The number of hydrogen-bond acceptors (Lipinski definition) is 5. The second kappa shape index (κ2) is 5.08. The third kappa shape index (κ3) is 2.37. The van der Waals surface area contributed by atoms with Gasteiger partial charge in [-0.2, -0.15) is 0 Å². The molecule has 0 amide bonds. The standard InChI is InChI=1S/C12H16N4O2S/c1-5-6(2)16-10(9(12(17)18)14-15-16)11-7(3)13-8(4)19-11/h6H,5H2,1-4H3,(H,17,18). The Kier molecular flexibility index (Phi) is 3.66. The van der Waals surface area contributed by atoms with Crippen molar-refractivity contribution in [1.82, 2.24) is 20.0 Å². The van der Waals surface area contributed by atoms with E-state index in [0.717, 1.165) is 22.0 Å². The Morgan fingerprint density at radius 2 is 2.16 bits per heavy atom. The van der Waals surface area contributed by atoms with Crippen molar-refractivity contribution in [2.24, 2.45) is 0 Å². The molecule has 6 nitrogen and oxygen atoms in total. The Bertz CT molecular complexity index is 617. The van der Waals surface area contributed by atoms with Gasteiger partial charge in [-0.15, -0.1) is 16.4 Å². The van der Waals surface area contributed by atoms with Gasteiger partial charge in [0.15, 0.2) is 5.69 Å². The van der Waals surface area contributed by atoms with Crippen LogP contribution >= 0.6 is 11.3 Å². The predicted octanol–water partition coefficient (Wildman–Crippen LogP) is 2.69. The summed E-state index contributed by atoms with van der Waals surface area (Å²) in [5.74, 6) is -1.06. The average Bonchev–Trinajstić information content (AvgIpc) is 2.91. The molecule has 1 unspecified atom stereocenters. The van der Waals surface area contributed by atoms with E-state index in [2.05, 4.69) is 15.3 Å². The smallest absolute Gasteiger partial charge is 0.358 e. The molecule has 102 valence electrons. The van der Waals surface area contributed by atoms with Gasteiger partial charge in [-0.1, -0.05) is 12.1 Å². The molecule has 0 radical (unpaired) electrons. The van der Waals surface area contributed by atoms with Crippen molar-refractivity contribution in [3.05, 3.63) is 16.4 Å². The molecule has 0 saturated carbocycles.